The summed E-state index contributed by atoms with van der Waals surface area (Å²) in [4.78, 5) is 0. The van der Waals surface area contributed by atoms with Crippen LogP contribution in [0, 0.1) is 0 Å². The zero-order valence-corrected chi connectivity index (χ0v) is 15.0. The van der Waals surface area contributed by atoms with Crippen LogP contribution >= 0.6 is 15.9 Å². The topological polar surface area (TPSA) is 18.5 Å². The maximum absolute atomic E-state index is 14.1. The molecule has 1 fully saturated rings. The Balaban J connectivity index is 1.68. The SMILES string of the molecule is CCOc1ccc(C2(COCc3cccc(Br)c3)CC2(F)F)cc1. The molecule has 1 aliphatic rings. The molecule has 0 bridgehead atoms. The molecule has 1 atom stereocenters. The minimum atomic E-state index is -2.72. The van der Waals surface area contributed by atoms with Crippen LogP contribution in [-0.2, 0) is 16.8 Å². The lowest BCUT2D eigenvalue weighted by molar-refractivity contribution is 0.0334. The Bertz CT molecular complexity index is 703. The van der Waals surface area contributed by atoms with Gasteiger partial charge in [-0.05, 0) is 42.3 Å². The van der Waals surface area contributed by atoms with Gasteiger partial charge in [-0.25, -0.2) is 8.78 Å². The first-order valence-corrected chi connectivity index (χ1v) is 8.69. The lowest BCUT2D eigenvalue weighted by atomic mass is 9.96. The van der Waals surface area contributed by atoms with E-state index in [1.165, 1.54) is 0 Å². The Labute approximate surface area is 148 Å². The van der Waals surface area contributed by atoms with Gasteiger partial charge in [0.1, 0.15) is 5.75 Å². The van der Waals surface area contributed by atoms with E-state index < -0.39 is 11.3 Å². The number of rotatable bonds is 7. The van der Waals surface area contributed by atoms with E-state index in [9.17, 15) is 8.78 Å². The molecule has 128 valence electrons. The summed E-state index contributed by atoms with van der Waals surface area (Å²) in [6, 6.07) is 14.6. The van der Waals surface area contributed by atoms with Gasteiger partial charge in [-0.2, -0.15) is 0 Å². The van der Waals surface area contributed by atoms with Crippen LogP contribution in [0.25, 0.3) is 0 Å². The number of ether oxygens (including phenoxy) is 2. The minimum absolute atomic E-state index is 0.000491. The summed E-state index contributed by atoms with van der Waals surface area (Å²) in [7, 11) is 0. The number of hydrogen-bond donors (Lipinski definition) is 0. The number of halogens is 3. The van der Waals surface area contributed by atoms with Crippen molar-refractivity contribution in [2.75, 3.05) is 13.2 Å². The fourth-order valence-electron chi connectivity index (χ4n) is 2.89. The standard InChI is InChI=1S/C19H19BrF2O2/c1-2-24-17-8-6-15(7-9-17)18(12-19(18,21)22)13-23-11-14-4-3-5-16(20)10-14/h3-10H,2,11-13H2,1H3. The van der Waals surface area contributed by atoms with E-state index in [2.05, 4.69) is 15.9 Å². The van der Waals surface area contributed by atoms with Crippen LogP contribution in [0.3, 0.4) is 0 Å². The Morgan fingerprint density at radius 2 is 1.83 bits per heavy atom. The van der Waals surface area contributed by atoms with E-state index in [0.717, 1.165) is 10.0 Å². The molecular formula is C19H19BrF2O2. The molecule has 24 heavy (non-hydrogen) atoms. The van der Waals surface area contributed by atoms with Crippen LogP contribution in [0.4, 0.5) is 8.78 Å². The summed E-state index contributed by atoms with van der Waals surface area (Å²) in [6.07, 6.45) is -0.174. The maximum Gasteiger partial charge on any atom is 0.261 e. The second-order valence-corrected chi connectivity index (χ2v) is 6.96. The predicted molar refractivity (Wildman–Crippen MR) is 92.7 cm³/mol. The Kier molecular flexibility index (Phi) is 4.92. The molecular weight excluding hydrogens is 378 g/mol. The highest BCUT2D eigenvalue weighted by atomic mass is 79.9. The monoisotopic (exact) mass is 396 g/mol. The van der Waals surface area contributed by atoms with E-state index >= 15 is 0 Å². The van der Waals surface area contributed by atoms with Gasteiger partial charge in [0, 0.05) is 10.9 Å². The minimum Gasteiger partial charge on any atom is -0.494 e. The third-order valence-corrected chi connectivity index (χ3v) is 4.82. The molecule has 2 nitrogen and oxygen atoms in total. The lowest BCUT2D eigenvalue weighted by Gasteiger charge is -2.18. The molecule has 1 unspecified atom stereocenters. The summed E-state index contributed by atoms with van der Waals surface area (Å²) in [5, 5.41) is 0. The number of alkyl halides is 2. The molecule has 0 amide bonds. The van der Waals surface area contributed by atoms with Crippen molar-refractivity contribution < 1.29 is 18.3 Å². The zero-order valence-electron chi connectivity index (χ0n) is 13.4. The summed E-state index contributed by atoms with van der Waals surface area (Å²) >= 11 is 3.39. The van der Waals surface area contributed by atoms with Gasteiger partial charge in [-0.15, -0.1) is 0 Å². The van der Waals surface area contributed by atoms with Gasteiger partial charge >= 0.3 is 0 Å². The fourth-order valence-corrected chi connectivity index (χ4v) is 3.34. The van der Waals surface area contributed by atoms with Gasteiger partial charge in [-0.3, -0.25) is 0 Å². The second-order valence-electron chi connectivity index (χ2n) is 6.04. The Morgan fingerprint density at radius 3 is 2.42 bits per heavy atom. The van der Waals surface area contributed by atoms with Crippen LogP contribution in [-0.4, -0.2) is 19.1 Å². The highest BCUT2D eigenvalue weighted by Gasteiger charge is 2.72. The molecule has 1 saturated carbocycles. The van der Waals surface area contributed by atoms with E-state index in [1.54, 1.807) is 24.3 Å². The second kappa shape index (κ2) is 6.81. The molecule has 2 aromatic carbocycles. The normalized spacial score (nSPS) is 21.5. The van der Waals surface area contributed by atoms with Crippen LogP contribution < -0.4 is 4.74 Å². The van der Waals surface area contributed by atoms with E-state index in [-0.39, 0.29) is 13.0 Å². The Morgan fingerprint density at radius 1 is 1.12 bits per heavy atom. The zero-order chi connectivity index (χ0) is 17.2. The van der Waals surface area contributed by atoms with E-state index in [0.29, 0.717) is 24.5 Å². The van der Waals surface area contributed by atoms with Crippen LogP contribution in [0.5, 0.6) is 5.75 Å². The van der Waals surface area contributed by atoms with Crippen molar-refractivity contribution in [2.24, 2.45) is 0 Å². The highest BCUT2D eigenvalue weighted by molar-refractivity contribution is 9.10. The van der Waals surface area contributed by atoms with Crippen molar-refractivity contribution in [2.45, 2.75) is 31.3 Å². The molecule has 0 saturated heterocycles. The van der Waals surface area contributed by atoms with Gasteiger partial charge in [-0.1, -0.05) is 40.2 Å². The first-order valence-electron chi connectivity index (χ1n) is 7.90. The summed E-state index contributed by atoms with van der Waals surface area (Å²) < 4.78 is 40.1. The van der Waals surface area contributed by atoms with E-state index in [1.807, 2.05) is 31.2 Å². The van der Waals surface area contributed by atoms with Crippen molar-refractivity contribution in [1.29, 1.82) is 0 Å². The van der Waals surface area contributed by atoms with Gasteiger partial charge < -0.3 is 9.47 Å². The molecule has 0 heterocycles. The summed E-state index contributed by atoms with van der Waals surface area (Å²) in [5.41, 5.74) is 0.337. The largest absolute Gasteiger partial charge is 0.494 e. The third kappa shape index (κ3) is 3.47. The maximum atomic E-state index is 14.1. The van der Waals surface area contributed by atoms with Crippen LogP contribution in [0.1, 0.15) is 24.5 Å². The quantitative estimate of drug-likeness (QED) is 0.628. The Hall–Kier alpha value is -1.46. The van der Waals surface area contributed by atoms with Gasteiger partial charge in [0.15, 0.2) is 0 Å². The third-order valence-electron chi connectivity index (χ3n) is 4.32. The molecule has 0 N–H and O–H groups in total. The van der Waals surface area contributed by atoms with Crippen LogP contribution in [0.2, 0.25) is 0 Å². The first kappa shape index (κ1) is 17.4. The fraction of sp³-hybridized carbons (Fsp3) is 0.368. The summed E-state index contributed by atoms with van der Waals surface area (Å²) in [6.45, 7) is 2.76. The van der Waals surface area contributed by atoms with Crippen molar-refractivity contribution in [1.82, 2.24) is 0 Å². The number of benzene rings is 2. The average Bonchev–Trinajstić information content (AvgIpc) is 3.11. The highest BCUT2D eigenvalue weighted by Crippen LogP contribution is 2.61. The first-order chi connectivity index (χ1) is 11.5. The molecule has 5 heteroatoms. The van der Waals surface area contributed by atoms with Crippen molar-refractivity contribution in [3.8, 4) is 5.75 Å². The van der Waals surface area contributed by atoms with Gasteiger partial charge in [0.2, 0.25) is 0 Å². The molecule has 0 spiro atoms. The van der Waals surface area contributed by atoms with Crippen molar-refractivity contribution in [3.05, 3.63) is 64.1 Å². The predicted octanol–water partition coefficient (Wildman–Crippen LogP) is 5.34. The molecule has 2 aromatic rings. The molecule has 0 aromatic heterocycles. The van der Waals surface area contributed by atoms with Crippen molar-refractivity contribution in [3.63, 3.8) is 0 Å². The molecule has 3 rings (SSSR count). The average molecular weight is 397 g/mol. The van der Waals surface area contributed by atoms with Gasteiger partial charge in [0.05, 0.1) is 25.2 Å². The van der Waals surface area contributed by atoms with Gasteiger partial charge in [0.25, 0.3) is 5.92 Å². The number of hydrogen-bond acceptors (Lipinski definition) is 2. The molecule has 1 aliphatic carbocycles. The van der Waals surface area contributed by atoms with Crippen LogP contribution in [0.15, 0.2) is 53.0 Å². The molecule has 0 aliphatic heterocycles. The summed E-state index contributed by atoms with van der Waals surface area (Å²) in [5.74, 6) is -2.03. The molecule has 0 radical (unpaired) electrons. The smallest absolute Gasteiger partial charge is 0.261 e. The lowest BCUT2D eigenvalue weighted by Crippen LogP contribution is -2.23. The van der Waals surface area contributed by atoms with E-state index in [4.69, 9.17) is 9.47 Å². The van der Waals surface area contributed by atoms with Crippen molar-refractivity contribution >= 4 is 15.9 Å².